The maximum Gasteiger partial charge on any atom is 1.00 e. The molecule has 35 heteroatoms. The number of esters is 1. The normalized spacial score (nSPS) is 10.5. The number of nitrogens with two attached hydrogens (primary N) is 2. The summed E-state index contributed by atoms with van der Waals surface area (Å²) >= 11 is 13.2. The number of fused-ring (bicyclic) bond motifs is 4. The first-order valence-electron chi connectivity index (χ1n) is 41.4. The summed E-state index contributed by atoms with van der Waals surface area (Å²) in [7, 11) is -0.0476. The van der Waals surface area contributed by atoms with Gasteiger partial charge in [-0.1, -0.05) is 181 Å². The fourth-order valence-corrected chi connectivity index (χ4v) is 14.2. The quantitative estimate of drug-likeness (QED) is 0.0128. The molecule has 7 heterocycles. The van der Waals surface area contributed by atoms with Crippen LogP contribution in [0.1, 0.15) is 87.8 Å². The molecule has 0 aliphatic rings. The molecule has 0 bridgehead atoms. The number of hydrogen-bond acceptors (Lipinski definition) is 23. The van der Waals surface area contributed by atoms with Crippen LogP contribution in [0.4, 0.5) is 4.79 Å². The third-order valence-corrected chi connectivity index (χ3v) is 20.7. The number of alkyl carbamates (subject to hydrolysis) is 1. The number of amides is 3. The monoisotopic (exact) mass is 1960 g/mol. The maximum absolute atomic E-state index is 12.9. The SMILES string of the molecule is CC(C)(C)OC(=O)NCc1cccc(-c2nc3cc(C(=O)NCCCn4ccnc4)ccc3nc2-c2ccccc2)c1.COC(=O)c1ccc2nc(-c3ccccc3)c(Br)nc2c1.Cl.NCCCn1ccnc1.NCc1cccc(B(O)O)c1.O=C(NCCCn1ccnc1)c1ccc2nc(-c3ccccc3)c(Cl)nc2c1.O=[C-]c1ccc2nc(-c3ccccc3)c(Br)nc2c1.[Na+].[OH-]. The van der Waals surface area contributed by atoms with Gasteiger partial charge in [-0.15, -0.1) is 24.0 Å². The molecule has 17 rings (SSSR count). The number of rotatable bonds is 24. The number of aryl methyl sites for hydroxylation is 3. The Hall–Kier alpha value is -13.1. The Morgan fingerprint density at radius 1 is 0.459 bits per heavy atom. The number of carbonyl (C=O) groups is 4. The molecule has 29 nitrogen and oxygen atoms in total. The molecule has 0 spiro atoms. The number of benzene rings is 10. The second kappa shape index (κ2) is 52.3. The molecule has 0 unspecified atom stereocenters. The van der Waals surface area contributed by atoms with Crippen molar-refractivity contribution in [1.29, 1.82) is 0 Å². The smallest absolute Gasteiger partial charge is 0.870 e. The topological polar surface area (TPSA) is 419 Å². The second-order valence-corrected chi connectivity index (χ2v) is 31.9. The Balaban J connectivity index is 0.000000191. The van der Waals surface area contributed by atoms with Gasteiger partial charge in [-0.05, 0) is 156 Å². The van der Waals surface area contributed by atoms with Crippen molar-refractivity contribution in [3.05, 3.63) is 347 Å². The molecule has 0 aliphatic heterocycles. The van der Waals surface area contributed by atoms with Crippen LogP contribution in [0.15, 0.2) is 308 Å². The van der Waals surface area contributed by atoms with Gasteiger partial charge in [-0.25, -0.2) is 59.4 Å². The third kappa shape index (κ3) is 30.8. The Bertz CT molecular complexity index is 6640. The molecular formula is C98H94BBr2Cl2N19NaO10-. The van der Waals surface area contributed by atoms with Crippen LogP contribution in [-0.2, 0) is 47.0 Å². The van der Waals surface area contributed by atoms with E-state index in [1.165, 1.54) is 7.11 Å². The summed E-state index contributed by atoms with van der Waals surface area (Å²) in [5.41, 5.74) is 28.0. The molecule has 0 fully saturated rings. The van der Waals surface area contributed by atoms with Gasteiger partial charge < -0.3 is 70.9 Å². The number of ether oxygens (including phenoxy) is 2. The van der Waals surface area contributed by atoms with Crippen LogP contribution in [0.2, 0.25) is 5.15 Å². The van der Waals surface area contributed by atoms with Crippen LogP contribution in [-0.4, -0.2) is 154 Å². The summed E-state index contributed by atoms with van der Waals surface area (Å²) in [5, 5.41) is 26.6. The number of halogens is 4. The van der Waals surface area contributed by atoms with Crippen molar-refractivity contribution in [2.75, 3.05) is 26.7 Å². The van der Waals surface area contributed by atoms with E-state index in [1.807, 2.05) is 217 Å². The second-order valence-electron chi connectivity index (χ2n) is 30.0. The minimum Gasteiger partial charge on any atom is -0.870 e. The number of nitrogens with zero attached hydrogens (tertiary/aromatic N) is 14. The number of hydrogen-bond donors (Lipinski definition) is 7. The van der Waals surface area contributed by atoms with E-state index in [0.717, 1.165) is 113 Å². The molecule has 0 saturated heterocycles. The summed E-state index contributed by atoms with van der Waals surface area (Å²) in [6.07, 6.45) is 20.3. The fraction of sp³-hybridized carbons (Fsp3) is 0.163. The van der Waals surface area contributed by atoms with Crippen LogP contribution in [0.3, 0.4) is 0 Å². The molecule has 10 N–H and O–H groups in total. The van der Waals surface area contributed by atoms with Crippen LogP contribution in [0, 0.1) is 0 Å². The largest absolute Gasteiger partial charge is 1.00 e. The molecule has 0 radical (unpaired) electrons. The maximum atomic E-state index is 12.9. The predicted molar refractivity (Wildman–Crippen MR) is 523 cm³/mol. The molecule has 7 aromatic heterocycles. The van der Waals surface area contributed by atoms with Crippen molar-refractivity contribution >= 4 is 143 Å². The first kappa shape index (κ1) is 104. The molecule has 17 aromatic rings. The summed E-state index contributed by atoms with van der Waals surface area (Å²) in [4.78, 5) is 109. The summed E-state index contributed by atoms with van der Waals surface area (Å²) in [6.45, 7) is 10.6. The van der Waals surface area contributed by atoms with Crippen LogP contribution in [0.25, 0.3) is 100 Å². The zero-order valence-corrected chi connectivity index (χ0v) is 80.0. The summed E-state index contributed by atoms with van der Waals surface area (Å²) in [6, 6.07) is 74.8. The van der Waals surface area contributed by atoms with Crippen molar-refractivity contribution in [1.82, 2.24) is 84.5 Å². The van der Waals surface area contributed by atoms with Crippen molar-refractivity contribution in [3.63, 3.8) is 0 Å². The Morgan fingerprint density at radius 2 is 0.857 bits per heavy atom. The van der Waals surface area contributed by atoms with E-state index in [0.29, 0.717) is 113 Å². The zero-order chi connectivity index (χ0) is 91.7. The van der Waals surface area contributed by atoms with Gasteiger partial charge in [0.25, 0.3) is 11.8 Å². The van der Waals surface area contributed by atoms with Crippen LogP contribution < -0.4 is 62.4 Å². The van der Waals surface area contributed by atoms with E-state index in [2.05, 4.69) is 92.7 Å². The zero-order valence-electron chi connectivity index (χ0n) is 73.3. The summed E-state index contributed by atoms with van der Waals surface area (Å²) in [5.74, 6) is -0.687. The average molecular weight is 1960 g/mol. The van der Waals surface area contributed by atoms with Gasteiger partial charge >= 0.3 is 48.7 Å². The third-order valence-electron chi connectivity index (χ3n) is 19.4. The Kier molecular flexibility index (Phi) is 40.7. The van der Waals surface area contributed by atoms with Crippen molar-refractivity contribution in [3.8, 4) is 56.3 Å². The summed E-state index contributed by atoms with van der Waals surface area (Å²) < 4.78 is 17.4. The standard InChI is InChI=1S/C33H34N6O3.C21H18ClN5O.C16H11BrN2O2.C15H8BrN2O.C7H10BNO2.C6H11N3.ClH.Na.H2O/c1-33(2,3)42-32(41)36-21-23-9-7-12-25(19-23)30-29(24-10-5-4-6-11-24)37-27-14-13-26(20-28(27)38-30)31(40)35-15-8-17-39-18-16-34-22-39;22-20-19(15-5-2-1-3-6-15)25-17-8-7-16(13-18(17)26-20)21(28)24-9-4-11-27-12-10-23-14-27;1-21-16(20)11-7-8-12-13(9-11)19-15(17)14(18-12)10-5-3-2-4-6-10;16-15-14(11-4-2-1-3-5-11)17-12-7-6-10(9-19)8-13(12)18-15;9-5-6-2-1-3-7(4-6)8(10)11;7-2-1-4-9-5-3-8-6-9;;;/h4-7,9-14,16,18-20,22H,8,15,17,21H2,1-3H3,(H,35,40)(H,36,41);1-3,5-8,10,12-14H,4,9,11H2,(H,24,28);2-9H,1H3;1-8H;1-4,10-11H,5,9H2;3,5-6H,1-2,4,7H2;1H;;1H2/q;;;-1;;;;+1;/p-1. The van der Waals surface area contributed by atoms with Gasteiger partial charge in [-0.3, -0.25) is 14.6 Å². The van der Waals surface area contributed by atoms with Crippen LogP contribution in [0.5, 0.6) is 0 Å². The molecule has 0 atom stereocenters. The van der Waals surface area contributed by atoms with E-state index < -0.39 is 18.8 Å². The molecule has 0 aliphatic carbocycles. The minimum atomic E-state index is -1.40. The fourth-order valence-electron chi connectivity index (χ4n) is 12.9. The van der Waals surface area contributed by atoms with Crippen molar-refractivity contribution < 1.29 is 78.5 Å². The van der Waals surface area contributed by atoms with E-state index in [1.54, 1.807) is 123 Å². The number of imidazole rings is 3. The van der Waals surface area contributed by atoms with Gasteiger partial charge in [0.1, 0.15) is 31.9 Å². The predicted octanol–water partition coefficient (Wildman–Crippen LogP) is 13.6. The number of nitrogens with one attached hydrogen (secondary N) is 3. The van der Waals surface area contributed by atoms with Gasteiger partial charge in [0.15, 0.2) is 5.15 Å². The van der Waals surface area contributed by atoms with E-state index in [9.17, 15) is 24.0 Å². The molecule has 674 valence electrons. The van der Waals surface area contributed by atoms with Gasteiger partial charge in [-0.2, -0.15) is 6.07 Å². The van der Waals surface area contributed by atoms with E-state index >= 15 is 0 Å². The van der Waals surface area contributed by atoms with E-state index in [-0.39, 0.29) is 65.2 Å². The van der Waals surface area contributed by atoms with Crippen LogP contribution >= 0.6 is 55.9 Å². The van der Waals surface area contributed by atoms with E-state index in [4.69, 9.17) is 52.6 Å². The minimum absolute atomic E-state index is 0. The Labute approximate surface area is 818 Å². The average Bonchev–Trinajstić information content (AvgIpc) is 1.09. The molecular weight excluding hydrogens is 1870 g/mol. The number of carbonyl (C=O) groups excluding carboxylic acids is 5. The van der Waals surface area contributed by atoms with Gasteiger partial charge in [0.2, 0.25) is 0 Å². The van der Waals surface area contributed by atoms with Gasteiger partial charge in [0.05, 0.1) is 87.9 Å². The number of methoxy groups -OCH3 is 1. The first-order valence-corrected chi connectivity index (χ1v) is 43.3. The van der Waals surface area contributed by atoms with Crippen molar-refractivity contribution in [2.45, 2.75) is 78.4 Å². The van der Waals surface area contributed by atoms with Crippen molar-refractivity contribution in [2.24, 2.45) is 11.5 Å². The molecule has 3 amide bonds. The first-order chi connectivity index (χ1) is 63.1. The van der Waals surface area contributed by atoms with Gasteiger partial charge in [0, 0.05) is 127 Å². The molecule has 133 heavy (non-hydrogen) atoms. The number of aromatic nitrogens is 14. The Morgan fingerprint density at radius 3 is 1.32 bits per heavy atom. The molecule has 10 aromatic carbocycles. The molecule has 0 saturated carbocycles.